The summed E-state index contributed by atoms with van der Waals surface area (Å²) in [6, 6.07) is 9.70. The molecule has 1 aliphatic rings. The number of anilines is 1. The van der Waals surface area contributed by atoms with Gasteiger partial charge in [-0.25, -0.2) is 13.6 Å². The molecule has 0 radical (unpaired) electrons. The summed E-state index contributed by atoms with van der Waals surface area (Å²) in [5.74, 6) is 0.250. The van der Waals surface area contributed by atoms with Crippen LogP contribution in [0.3, 0.4) is 0 Å². The predicted octanol–water partition coefficient (Wildman–Crippen LogP) is 2.24. The Hall–Kier alpha value is -2.09. The minimum atomic E-state index is -3.86. The first kappa shape index (κ1) is 16.8. The standard InChI is InChI=1S/C16H15ClN2O4S/c1-9-2-4-12(8-15(9)24(18,21)22)19-16(20)14-7-10-6-11(17)3-5-13(10)23-14/h2-6,8,14H,7H2,1H3,(H,19,20)(H2,18,21,22)/t14-/m1/s1. The van der Waals surface area contributed by atoms with Crippen LogP contribution in [0.4, 0.5) is 5.69 Å². The topological polar surface area (TPSA) is 98.5 Å². The van der Waals surface area contributed by atoms with Crippen molar-refractivity contribution < 1.29 is 17.9 Å². The molecule has 3 N–H and O–H groups in total. The highest BCUT2D eigenvalue weighted by Gasteiger charge is 2.29. The molecule has 1 heterocycles. The molecule has 8 heteroatoms. The van der Waals surface area contributed by atoms with Gasteiger partial charge < -0.3 is 10.1 Å². The maximum Gasteiger partial charge on any atom is 0.265 e. The Balaban J connectivity index is 1.77. The highest BCUT2D eigenvalue weighted by molar-refractivity contribution is 7.89. The molecule has 126 valence electrons. The molecule has 1 aliphatic heterocycles. The second kappa shape index (κ2) is 6.08. The molecule has 0 bridgehead atoms. The molecule has 3 rings (SSSR count). The highest BCUT2D eigenvalue weighted by Crippen LogP contribution is 2.31. The third-order valence-electron chi connectivity index (χ3n) is 3.75. The van der Waals surface area contributed by atoms with Crippen molar-refractivity contribution >= 4 is 33.2 Å². The molecule has 2 aromatic rings. The lowest BCUT2D eigenvalue weighted by atomic mass is 10.1. The third-order valence-corrected chi connectivity index (χ3v) is 5.04. The maximum atomic E-state index is 12.4. The van der Waals surface area contributed by atoms with Crippen LogP contribution in [-0.2, 0) is 21.2 Å². The molecule has 0 aromatic heterocycles. The minimum absolute atomic E-state index is 0.0253. The first-order chi connectivity index (χ1) is 11.2. The van der Waals surface area contributed by atoms with E-state index in [1.807, 2.05) is 0 Å². The Morgan fingerprint density at radius 2 is 2.04 bits per heavy atom. The van der Waals surface area contributed by atoms with Crippen LogP contribution >= 0.6 is 11.6 Å². The fraction of sp³-hybridized carbons (Fsp3) is 0.188. The molecular formula is C16H15ClN2O4S. The van der Waals surface area contributed by atoms with Crippen LogP contribution < -0.4 is 15.2 Å². The van der Waals surface area contributed by atoms with Gasteiger partial charge in [-0.1, -0.05) is 17.7 Å². The van der Waals surface area contributed by atoms with Gasteiger partial charge in [0.05, 0.1) is 4.90 Å². The first-order valence-corrected chi connectivity index (χ1v) is 9.06. The van der Waals surface area contributed by atoms with E-state index in [1.54, 1.807) is 37.3 Å². The van der Waals surface area contributed by atoms with E-state index in [9.17, 15) is 13.2 Å². The van der Waals surface area contributed by atoms with Gasteiger partial charge in [-0.15, -0.1) is 0 Å². The fourth-order valence-electron chi connectivity index (χ4n) is 2.57. The number of amides is 1. The molecule has 24 heavy (non-hydrogen) atoms. The summed E-state index contributed by atoms with van der Waals surface area (Å²) in [7, 11) is -3.86. The van der Waals surface area contributed by atoms with Crippen molar-refractivity contribution in [1.82, 2.24) is 0 Å². The van der Waals surface area contributed by atoms with Crippen molar-refractivity contribution in [3.8, 4) is 5.75 Å². The van der Waals surface area contributed by atoms with E-state index in [4.69, 9.17) is 21.5 Å². The number of ether oxygens (including phenoxy) is 1. The number of sulfonamides is 1. The van der Waals surface area contributed by atoms with Crippen LogP contribution in [0.5, 0.6) is 5.75 Å². The smallest absolute Gasteiger partial charge is 0.265 e. The van der Waals surface area contributed by atoms with Gasteiger partial charge >= 0.3 is 0 Å². The van der Waals surface area contributed by atoms with Crippen molar-refractivity contribution in [3.63, 3.8) is 0 Å². The zero-order chi connectivity index (χ0) is 17.5. The van der Waals surface area contributed by atoms with E-state index in [0.29, 0.717) is 28.4 Å². The zero-order valence-electron chi connectivity index (χ0n) is 12.7. The molecule has 6 nitrogen and oxygen atoms in total. The SMILES string of the molecule is Cc1ccc(NC(=O)[C@H]2Cc3cc(Cl)ccc3O2)cc1S(N)(=O)=O. The average molecular weight is 367 g/mol. The van der Waals surface area contributed by atoms with Crippen molar-refractivity contribution in [2.75, 3.05) is 5.32 Å². The molecule has 0 spiro atoms. The molecule has 1 amide bonds. The number of fused-ring (bicyclic) bond motifs is 1. The monoisotopic (exact) mass is 366 g/mol. The van der Waals surface area contributed by atoms with Gasteiger partial charge in [-0.05, 0) is 48.4 Å². The van der Waals surface area contributed by atoms with E-state index < -0.39 is 16.1 Å². The Kier molecular flexibility index (Phi) is 4.25. The van der Waals surface area contributed by atoms with E-state index in [2.05, 4.69) is 5.32 Å². The number of hydrogen-bond donors (Lipinski definition) is 2. The van der Waals surface area contributed by atoms with Gasteiger partial charge in [-0.3, -0.25) is 4.79 Å². The maximum absolute atomic E-state index is 12.4. The van der Waals surface area contributed by atoms with Crippen molar-refractivity contribution in [3.05, 3.63) is 52.5 Å². The number of primary sulfonamides is 1. The van der Waals surface area contributed by atoms with Crippen LogP contribution in [0.1, 0.15) is 11.1 Å². The number of nitrogens with one attached hydrogen (secondary N) is 1. The fourth-order valence-corrected chi connectivity index (χ4v) is 3.57. The normalized spacial score (nSPS) is 16.4. The summed E-state index contributed by atoms with van der Waals surface area (Å²) < 4.78 is 28.7. The number of aryl methyl sites for hydroxylation is 1. The summed E-state index contributed by atoms with van der Waals surface area (Å²) in [6.45, 7) is 1.63. The van der Waals surface area contributed by atoms with Crippen LogP contribution in [-0.4, -0.2) is 20.4 Å². The Morgan fingerprint density at radius 1 is 1.29 bits per heavy atom. The van der Waals surface area contributed by atoms with Crippen molar-refractivity contribution in [2.45, 2.75) is 24.3 Å². The molecule has 1 atom stereocenters. The molecule has 0 unspecified atom stereocenters. The summed E-state index contributed by atoms with van der Waals surface area (Å²) in [5.41, 5.74) is 1.71. The van der Waals surface area contributed by atoms with Gasteiger partial charge in [0.2, 0.25) is 10.0 Å². The number of rotatable bonds is 3. The number of hydrogen-bond acceptors (Lipinski definition) is 4. The lowest BCUT2D eigenvalue weighted by Crippen LogP contribution is -2.31. The van der Waals surface area contributed by atoms with Gasteiger partial charge in [0, 0.05) is 17.1 Å². The highest BCUT2D eigenvalue weighted by atomic mass is 35.5. The largest absolute Gasteiger partial charge is 0.480 e. The second-order valence-electron chi connectivity index (χ2n) is 5.58. The van der Waals surface area contributed by atoms with Gasteiger partial charge in [0.25, 0.3) is 5.91 Å². The summed E-state index contributed by atoms with van der Waals surface area (Å²) in [5, 5.41) is 8.41. The van der Waals surface area contributed by atoms with E-state index in [0.717, 1.165) is 5.56 Å². The van der Waals surface area contributed by atoms with Crippen LogP contribution in [0.2, 0.25) is 5.02 Å². The van der Waals surface area contributed by atoms with E-state index >= 15 is 0 Å². The Morgan fingerprint density at radius 3 is 2.75 bits per heavy atom. The third kappa shape index (κ3) is 3.38. The molecule has 0 fully saturated rings. The van der Waals surface area contributed by atoms with Gasteiger partial charge in [0.1, 0.15) is 5.75 Å². The van der Waals surface area contributed by atoms with Crippen molar-refractivity contribution in [1.29, 1.82) is 0 Å². The van der Waals surface area contributed by atoms with Crippen LogP contribution in [0, 0.1) is 6.92 Å². The molecule has 2 aromatic carbocycles. The number of carbonyl (C=O) groups excluding carboxylic acids is 1. The number of nitrogens with two attached hydrogens (primary N) is 1. The molecular weight excluding hydrogens is 352 g/mol. The summed E-state index contributed by atoms with van der Waals surface area (Å²) in [4.78, 5) is 12.3. The number of carbonyl (C=O) groups is 1. The van der Waals surface area contributed by atoms with Crippen LogP contribution in [0.15, 0.2) is 41.3 Å². The predicted molar refractivity (Wildman–Crippen MR) is 90.8 cm³/mol. The van der Waals surface area contributed by atoms with E-state index in [1.165, 1.54) is 6.07 Å². The number of halogens is 1. The molecule has 0 saturated heterocycles. The summed E-state index contributed by atoms with van der Waals surface area (Å²) >= 11 is 5.93. The zero-order valence-corrected chi connectivity index (χ0v) is 14.3. The Bertz CT molecular complexity index is 928. The average Bonchev–Trinajstić information content (AvgIpc) is 2.91. The van der Waals surface area contributed by atoms with Gasteiger partial charge in [0.15, 0.2) is 6.10 Å². The van der Waals surface area contributed by atoms with Crippen LogP contribution in [0.25, 0.3) is 0 Å². The lowest BCUT2D eigenvalue weighted by Gasteiger charge is -2.13. The summed E-state index contributed by atoms with van der Waals surface area (Å²) in [6.07, 6.45) is -0.298. The van der Waals surface area contributed by atoms with Gasteiger partial charge in [-0.2, -0.15) is 0 Å². The number of benzene rings is 2. The molecule has 0 aliphatic carbocycles. The minimum Gasteiger partial charge on any atom is -0.480 e. The quantitative estimate of drug-likeness (QED) is 0.870. The first-order valence-electron chi connectivity index (χ1n) is 7.13. The van der Waals surface area contributed by atoms with Crippen molar-refractivity contribution in [2.24, 2.45) is 5.14 Å². The Labute approximate surface area is 144 Å². The van der Waals surface area contributed by atoms with E-state index in [-0.39, 0.29) is 10.8 Å². The molecule has 0 saturated carbocycles. The second-order valence-corrected chi connectivity index (χ2v) is 7.54. The lowest BCUT2D eigenvalue weighted by molar-refractivity contribution is -0.122.